The van der Waals surface area contributed by atoms with Crippen LogP contribution in [0.5, 0.6) is 0 Å². The minimum absolute atomic E-state index is 0.00995. The van der Waals surface area contributed by atoms with E-state index in [-0.39, 0.29) is 11.5 Å². The van der Waals surface area contributed by atoms with Gasteiger partial charge in [-0.25, -0.2) is 4.79 Å². The van der Waals surface area contributed by atoms with Gasteiger partial charge in [0.1, 0.15) is 0 Å². The van der Waals surface area contributed by atoms with Crippen LogP contribution in [0.4, 0.5) is 0 Å². The number of rotatable bonds is 8. The molecule has 3 heteroatoms. The summed E-state index contributed by atoms with van der Waals surface area (Å²) in [6.07, 6.45) is 6.82. The molecule has 0 amide bonds. The number of carbonyl (C=O) groups excluding carboxylic acids is 2. The Hall–Kier alpha value is -3.20. The van der Waals surface area contributed by atoms with Crippen molar-refractivity contribution in [1.29, 1.82) is 0 Å². The molecule has 28 heavy (non-hydrogen) atoms. The second-order valence-corrected chi connectivity index (χ2v) is 6.85. The molecule has 0 aliphatic rings. The van der Waals surface area contributed by atoms with Gasteiger partial charge in [0.15, 0.2) is 5.76 Å². The number of ketones is 1. The first-order valence-corrected chi connectivity index (χ1v) is 9.34. The van der Waals surface area contributed by atoms with Gasteiger partial charge in [-0.05, 0) is 45.3 Å². The maximum atomic E-state index is 12.8. The number of Topliss-reactive ketones (excluding diaryl/α,β-unsaturated/α-hetero) is 1. The average Bonchev–Trinajstić information content (AvgIpc) is 2.68. The molecule has 0 bridgehead atoms. The first-order valence-electron chi connectivity index (χ1n) is 9.34. The molecule has 0 radical (unpaired) electrons. The van der Waals surface area contributed by atoms with Gasteiger partial charge in [0.05, 0.1) is 0 Å². The lowest BCUT2D eigenvalue weighted by Crippen LogP contribution is -2.11. The zero-order valence-corrected chi connectivity index (χ0v) is 16.6. The zero-order valence-electron chi connectivity index (χ0n) is 16.6. The molecule has 0 heterocycles. The average molecular weight is 374 g/mol. The number of benzene rings is 2. The molecule has 3 nitrogen and oxygen atoms in total. The quantitative estimate of drug-likeness (QED) is 0.183. The van der Waals surface area contributed by atoms with Crippen LogP contribution in [0.1, 0.15) is 49.5 Å². The molecule has 2 aromatic carbocycles. The van der Waals surface area contributed by atoms with Gasteiger partial charge in [-0.3, -0.25) is 4.79 Å². The van der Waals surface area contributed by atoms with Crippen LogP contribution in [-0.4, -0.2) is 11.8 Å². The molecule has 0 saturated carbocycles. The van der Waals surface area contributed by atoms with E-state index >= 15 is 0 Å². The van der Waals surface area contributed by atoms with Crippen molar-refractivity contribution in [1.82, 2.24) is 0 Å². The van der Waals surface area contributed by atoms with Gasteiger partial charge in [0, 0.05) is 11.6 Å². The molecule has 0 aliphatic heterocycles. The van der Waals surface area contributed by atoms with Crippen LogP contribution in [0.25, 0.3) is 6.08 Å². The standard InChI is InChI=1S/C25H26O3/c1-19(2)11-10-12-20(3)17-24(26)28-23(18-21-13-6-4-7-14-21)25(27)22-15-8-5-9-16-22/h4-9,11,13-18H,10,12H2,1-3H3/b20-17+,23-18-. The van der Waals surface area contributed by atoms with E-state index in [9.17, 15) is 9.59 Å². The van der Waals surface area contributed by atoms with Crippen molar-refractivity contribution in [3.05, 3.63) is 101 Å². The van der Waals surface area contributed by atoms with E-state index in [1.54, 1.807) is 30.3 Å². The number of hydrogen-bond donors (Lipinski definition) is 0. The van der Waals surface area contributed by atoms with Crippen LogP contribution in [0.3, 0.4) is 0 Å². The van der Waals surface area contributed by atoms with Crippen LogP contribution in [0.2, 0.25) is 0 Å². The summed E-state index contributed by atoms with van der Waals surface area (Å²) < 4.78 is 5.45. The predicted molar refractivity (Wildman–Crippen MR) is 114 cm³/mol. The normalized spacial score (nSPS) is 11.7. The molecule has 0 aromatic heterocycles. The molecule has 0 saturated heterocycles. The molecular weight excluding hydrogens is 348 g/mol. The molecule has 0 N–H and O–H groups in total. The van der Waals surface area contributed by atoms with E-state index in [2.05, 4.69) is 6.08 Å². The summed E-state index contributed by atoms with van der Waals surface area (Å²) in [7, 11) is 0. The molecule has 0 unspecified atom stereocenters. The fraction of sp³-hybridized carbons (Fsp3) is 0.200. The van der Waals surface area contributed by atoms with E-state index in [1.807, 2.05) is 57.2 Å². The van der Waals surface area contributed by atoms with Gasteiger partial charge < -0.3 is 4.74 Å². The first kappa shape index (κ1) is 21.1. The van der Waals surface area contributed by atoms with Gasteiger partial charge in [-0.2, -0.15) is 0 Å². The highest BCUT2D eigenvalue weighted by molar-refractivity contribution is 6.11. The summed E-state index contributed by atoms with van der Waals surface area (Å²) in [4.78, 5) is 25.2. The van der Waals surface area contributed by atoms with Crippen LogP contribution >= 0.6 is 0 Å². The van der Waals surface area contributed by atoms with Gasteiger partial charge in [0.25, 0.3) is 0 Å². The van der Waals surface area contributed by atoms with Crippen molar-refractivity contribution in [2.45, 2.75) is 33.6 Å². The van der Waals surface area contributed by atoms with Gasteiger partial charge in [0.2, 0.25) is 5.78 Å². The minimum atomic E-state index is -0.541. The Morgan fingerprint density at radius 1 is 0.893 bits per heavy atom. The summed E-state index contributed by atoms with van der Waals surface area (Å²) in [5, 5.41) is 0. The number of allylic oxidation sites excluding steroid dienone is 4. The van der Waals surface area contributed by atoms with E-state index in [0.29, 0.717) is 5.56 Å². The SMILES string of the molecule is CC(C)=CCC/C(C)=C/C(=O)O/C(=C\c1ccccc1)C(=O)c1ccccc1. The lowest BCUT2D eigenvalue weighted by molar-refractivity contribution is -0.133. The Morgan fingerprint density at radius 3 is 2.11 bits per heavy atom. The summed E-state index contributed by atoms with van der Waals surface area (Å²) in [6, 6.07) is 18.1. The number of esters is 1. The Kier molecular flexibility index (Phi) is 8.16. The third-order valence-corrected chi connectivity index (χ3v) is 4.02. The van der Waals surface area contributed by atoms with Crippen LogP contribution in [0, 0.1) is 0 Å². The van der Waals surface area contributed by atoms with E-state index in [4.69, 9.17) is 4.74 Å². The molecular formula is C25H26O3. The topological polar surface area (TPSA) is 43.4 Å². The lowest BCUT2D eigenvalue weighted by atomic mass is 10.1. The van der Waals surface area contributed by atoms with Crippen molar-refractivity contribution in [3.8, 4) is 0 Å². The smallest absolute Gasteiger partial charge is 0.336 e. The highest BCUT2D eigenvalue weighted by atomic mass is 16.5. The van der Waals surface area contributed by atoms with Gasteiger partial charge in [-0.1, -0.05) is 77.9 Å². The number of hydrogen-bond acceptors (Lipinski definition) is 3. The highest BCUT2D eigenvalue weighted by Gasteiger charge is 2.16. The van der Waals surface area contributed by atoms with Crippen LogP contribution in [-0.2, 0) is 9.53 Å². The Morgan fingerprint density at radius 2 is 1.50 bits per heavy atom. The molecule has 2 aromatic rings. The third kappa shape index (κ3) is 7.20. The number of carbonyl (C=O) groups is 2. The third-order valence-electron chi connectivity index (χ3n) is 4.02. The first-order chi connectivity index (χ1) is 13.5. The maximum Gasteiger partial charge on any atom is 0.336 e. The summed E-state index contributed by atoms with van der Waals surface area (Å²) in [5.74, 6) is -0.856. The van der Waals surface area contributed by atoms with Crippen molar-refractivity contribution < 1.29 is 14.3 Å². The molecule has 0 aliphatic carbocycles. The summed E-state index contributed by atoms with van der Waals surface area (Å²) >= 11 is 0. The van der Waals surface area contributed by atoms with Gasteiger partial charge >= 0.3 is 5.97 Å². The van der Waals surface area contributed by atoms with Crippen molar-refractivity contribution >= 4 is 17.8 Å². The van der Waals surface area contributed by atoms with Crippen LogP contribution < -0.4 is 0 Å². The summed E-state index contributed by atoms with van der Waals surface area (Å²) in [6.45, 7) is 5.98. The van der Waals surface area contributed by atoms with Crippen LogP contribution in [0.15, 0.2) is 89.7 Å². The maximum absolute atomic E-state index is 12.8. The molecule has 2 rings (SSSR count). The van der Waals surface area contributed by atoms with E-state index < -0.39 is 5.97 Å². The fourth-order valence-electron chi connectivity index (χ4n) is 2.57. The molecule has 0 atom stereocenters. The minimum Gasteiger partial charge on any atom is -0.419 e. The van der Waals surface area contributed by atoms with E-state index in [1.165, 1.54) is 11.6 Å². The monoisotopic (exact) mass is 374 g/mol. The largest absolute Gasteiger partial charge is 0.419 e. The van der Waals surface area contributed by atoms with Crippen molar-refractivity contribution in [2.75, 3.05) is 0 Å². The predicted octanol–water partition coefficient (Wildman–Crippen LogP) is 6.15. The Labute approximate surface area is 167 Å². The lowest BCUT2D eigenvalue weighted by Gasteiger charge is -2.08. The second kappa shape index (κ2) is 10.8. The van der Waals surface area contributed by atoms with Crippen molar-refractivity contribution in [2.24, 2.45) is 0 Å². The fourth-order valence-corrected chi connectivity index (χ4v) is 2.57. The second-order valence-electron chi connectivity index (χ2n) is 6.85. The Balaban J connectivity index is 2.20. The Bertz CT molecular complexity index is 884. The zero-order chi connectivity index (χ0) is 20.4. The van der Waals surface area contributed by atoms with Crippen molar-refractivity contribution in [3.63, 3.8) is 0 Å². The molecule has 0 fully saturated rings. The molecule has 0 spiro atoms. The number of ether oxygens (including phenoxy) is 1. The summed E-state index contributed by atoms with van der Waals surface area (Å²) in [5.41, 5.74) is 3.42. The molecule has 144 valence electrons. The highest BCUT2D eigenvalue weighted by Crippen LogP contribution is 2.16. The van der Waals surface area contributed by atoms with Gasteiger partial charge in [-0.15, -0.1) is 0 Å². The van der Waals surface area contributed by atoms with E-state index in [0.717, 1.165) is 24.0 Å².